The monoisotopic (exact) mass is 330 g/mol. The molecular weight excluding hydrogens is 300 g/mol. The summed E-state index contributed by atoms with van der Waals surface area (Å²) in [5.41, 5.74) is 5.21. The second-order valence-corrected chi connectivity index (χ2v) is 7.58. The van der Waals surface area contributed by atoms with Gasteiger partial charge >= 0.3 is 0 Å². The van der Waals surface area contributed by atoms with Crippen molar-refractivity contribution in [2.45, 2.75) is 50.2 Å². The topological polar surface area (TPSA) is 53.8 Å². The molecule has 3 heterocycles. The van der Waals surface area contributed by atoms with Crippen molar-refractivity contribution in [3.63, 3.8) is 0 Å². The highest BCUT2D eigenvalue weighted by Crippen LogP contribution is 2.37. The zero-order chi connectivity index (χ0) is 16.4. The van der Waals surface area contributed by atoms with E-state index in [1.165, 1.54) is 57.3 Å². The fourth-order valence-electron chi connectivity index (χ4n) is 4.70. The Hall–Kier alpha value is -1.30. The summed E-state index contributed by atoms with van der Waals surface area (Å²) in [5, 5.41) is 0. The van der Waals surface area contributed by atoms with Gasteiger partial charge in [-0.3, -0.25) is 5.84 Å². The molecule has 0 unspecified atom stereocenters. The summed E-state index contributed by atoms with van der Waals surface area (Å²) in [5.74, 6) is 5.44. The third-order valence-corrected chi connectivity index (χ3v) is 6.27. The molecule has 4 rings (SSSR count). The van der Waals surface area contributed by atoms with E-state index >= 15 is 0 Å². The number of hydrogen-bond donors (Lipinski definition) is 2. The maximum absolute atomic E-state index is 6.06. The summed E-state index contributed by atoms with van der Waals surface area (Å²) in [6, 6.07) is 9.18. The SMILES string of the molecule is NNc1ccc(N2CCC(N3CCC4(CCCO4)CC3)CC2)cc1. The largest absolute Gasteiger partial charge is 0.375 e. The van der Waals surface area contributed by atoms with E-state index in [9.17, 15) is 0 Å². The van der Waals surface area contributed by atoms with Crippen LogP contribution in [0.4, 0.5) is 11.4 Å². The van der Waals surface area contributed by atoms with Crippen molar-refractivity contribution in [3.05, 3.63) is 24.3 Å². The molecule has 1 aromatic carbocycles. The van der Waals surface area contributed by atoms with Gasteiger partial charge in [0.2, 0.25) is 0 Å². The predicted molar refractivity (Wildman–Crippen MR) is 98.2 cm³/mol. The fraction of sp³-hybridized carbons (Fsp3) is 0.684. The molecule has 1 spiro atoms. The van der Waals surface area contributed by atoms with E-state index in [-0.39, 0.29) is 5.60 Å². The molecule has 0 aliphatic carbocycles. The van der Waals surface area contributed by atoms with Crippen LogP contribution in [-0.2, 0) is 4.74 Å². The minimum absolute atomic E-state index is 0.246. The highest BCUT2D eigenvalue weighted by molar-refractivity contribution is 5.54. The van der Waals surface area contributed by atoms with Crippen molar-refractivity contribution < 1.29 is 4.74 Å². The number of nitrogens with zero attached hydrogens (tertiary/aromatic N) is 2. The van der Waals surface area contributed by atoms with Gasteiger partial charge in [-0.1, -0.05) is 0 Å². The van der Waals surface area contributed by atoms with Crippen LogP contribution in [0, 0.1) is 0 Å². The molecule has 3 aliphatic heterocycles. The molecule has 5 heteroatoms. The molecule has 0 radical (unpaired) electrons. The maximum atomic E-state index is 6.06. The molecule has 0 bridgehead atoms. The number of anilines is 2. The number of nitrogens with one attached hydrogen (secondary N) is 1. The van der Waals surface area contributed by atoms with Gasteiger partial charge in [0.05, 0.1) is 5.60 Å². The predicted octanol–water partition coefficient (Wildman–Crippen LogP) is 2.59. The summed E-state index contributed by atoms with van der Waals surface area (Å²) < 4.78 is 6.06. The molecule has 3 aliphatic rings. The normalized spacial score (nSPS) is 25.3. The number of piperidine rings is 2. The van der Waals surface area contributed by atoms with Gasteiger partial charge in [0, 0.05) is 50.2 Å². The maximum Gasteiger partial charge on any atom is 0.0707 e. The lowest BCUT2D eigenvalue weighted by atomic mass is 9.87. The number of likely N-dealkylation sites (tertiary alicyclic amines) is 1. The van der Waals surface area contributed by atoms with Gasteiger partial charge in [0.25, 0.3) is 0 Å². The molecule has 3 N–H and O–H groups in total. The lowest BCUT2D eigenvalue weighted by Gasteiger charge is -2.45. The van der Waals surface area contributed by atoms with Crippen LogP contribution in [0.5, 0.6) is 0 Å². The first-order valence-corrected chi connectivity index (χ1v) is 9.48. The van der Waals surface area contributed by atoms with Gasteiger partial charge in [-0.15, -0.1) is 0 Å². The molecule has 0 atom stereocenters. The van der Waals surface area contributed by atoms with E-state index in [1.807, 2.05) is 12.1 Å². The average molecular weight is 330 g/mol. The minimum atomic E-state index is 0.246. The zero-order valence-electron chi connectivity index (χ0n) is 14.5. The van der Waals surface area contributed by atoms with E-state index < -0.39 is 0 Å². The lowest BCUT2D eigenvalue weighted by molar-refractivity contribution is -0.0524. The van der Waals surface area contributed by atoms with E-state index in [4.69, 9.17) is 10.6 Å². The standard InChI is InChI=1S/C19H30N4O/c20-21-16-2-4-17(5-3-16)22-11-6-18(7-12-22)23-13-9-19(10-14-23)8-1-15-24-19/h2-5,18,21H,1,6-15,20H2. The van der Waals surface area contributed by atoms with Crippen LogP contribution in [0.2, 0.25) is 0 Å². The summed E-state index contributed by atoms with van der Waals surface area (Å²) >= 11 is 0. The van der Waals surface area contributed by atoms with E-state index in [2.05, 4.69) is 27.4 Å². The van der Waals surface area contributed by atoms with E-state index in [1.54, 1.807) is 0 Å². The van der Waals surface area contributed by atoms with Gasteiger partial charge in [-0.25, -0.2) is 0 Å². The van der Waals surface area contributed by atoms with E-state index in [0.29, 0.717) is 0 Å². The first-order valence-electron chi connectivity index (χ1n) is 9.48. The molecule has 24 heavy (non-hydrogen) atoms. The van der Waals surface area contributed by atoms with Crippen molar-refractivity contribution in [2.24, 2.45) is 5.84 Å². The van der Waals surface area contributed by atoms with Gasteiger partial charge < -0.3 is 20.0 Å². The van der Waals surface area contributed by atoms with Crippen molar-refractivity contribution >= 4 is 11.4 Å². The van der Waals surface area contributed by atoms with Crippen LogP contribution in [0.1, 0.15) is 38.5 Å². The lowest BCUT2D eigenvalue weighted by Crippen LogP contribution is -2.51. The first kappa shape index (κ1) is 16.2. The Balaban J connectivity index is 1.28. The number of ether oxygens (including phenoxy) is 1. The second kappa shape index (κ2) is 6.90. The number of hydrogen-bond acceptors (Lipinski definition) is 5. The third kappa shape index (κ3) is 3.25. The van der Waals surface area contributed by atoms with Crippen molar-refractivity contribution in [2.75, 3.05) is 43.1 Å². The van der Waals surface area contributed by atoms with Crippen LogP contribution < -0.4 is 16.2 Å². The fourth-order valence-corrected chi connectivity index (χ4v) is 4.70. The molecule has 132 valence electrons. The molecule has 3 saturated heterocycles. The number of nitrogens with two attached hydrogens (primary N) is 1. The Kier molecular flexibility index (Phi) is 4.66. The van der Waals surface area contributed by atoms with Gasteiger partial charge in [0.15, 0.2) is 0 Å². The van der Waals surface area contributed by atoms with Gasteiger partial charge in [-0.05, 0) is 62.8 Å². The van der Waals surface area contributed by atoms with Crippen molar-refractivity contribution in [3.8, 4) is 0 Å². The van der Waals surface area contributed by atoms with Crippen LogP contribution in [-0.4, -0.2) is 49.3 Å². The number of nitrogen functional groups attached to an aromatic ring is 1. The molecule has 1 aromatic rings. The highest BCUT2D eigenvalue weighted by atomic mass is 16.5. The molecule has 3 fully saturated rings. The van der Waals surface area contributed by atoms with Crippen LogP contribution >= 0.6 is 0 Å². The van der Waals surface area contributed by atoms with Gasteiger partial charge in [0.1, 0.15) is 0 Å². The summed E-state index contributed by atoms with van der Waals surface area (Å²) in [7, 11) is 0. The Morgan fingerprint density at radius 3 is 2.29 bits per heavy atom. The Labute approximate surface area is 145 Å². The molecule has 0 aromatic heterocycles. The zero-order valence-corrected chi connectivity index (χ0v) is 14.5. The Bertz CT molecular complexity index is 523. The summed E-state index contributed by atoms with van der Waals surface area (Å²) in [6.07, 6.45) is 7.56. The summed E-state index contributed by atoms with van der Waals surface area (Å²) in [4.78, 5) is 5.23. The van der Waals surface area contributed by atoms with Gasteiger partial charge in [-0.2, -0.15) is 0 Å². The van der Waals surface area contributed by atoms with Crippen molar-refractivity contribution in [1.82, 2.24) is 4.90 Å². The van der Waals surface area contributed by atoms with Crippen LogP contribution in [0.3, 0.4) is 0 Å². The number of rotatable bonds is 3. The van der Waals surface area contributed by atoms with Crippen LogP contribution in [0.15, 0.2) is 24.3 Å². The minimum Gasteiger partial charge on any atom is -0.375 e. The second-order valence-electron chi connectivity index (χ2n) is 7.58. The number of hydrazine groups is 1. The van der Waals surface area contributed by atoms with E-state index in [0.717, 1.165) is 31.4 Å². The summed E-state index contributed by atoms with van der Waals surface area (Å²) in [6.45, 7) is 5.73. The smallest absolute Gasteiger partial charge is 0.0707 e. The first-order chi connectivity index (χ1) is 11.8. The Morgan fingerprint density at radius 2 is 1.71 bits per heavy atom. The van der Waals surface area contributed by atoms with Crippen molar-refractivity contribution in [1.29, 1.82) is 0 Å². The number of benzene rings is 1. The quantitative estimate of drug-likeness (QED) is 0.659. The molecule has 0 amide bonds. The Morgan fingerprint density at radius 1 is 1.00 bits per heavy atom. The molecule has 5 nitrogen and oxygen atoms in total. The van der Waals surface area contributed by atoms with Crippen LogP contribution in [0.25, 0.3) is 0 Å². The average Bonchev–Trinajstić information content (AvgIpc) is 3.11. The molecule has 0 saturated carbocycles. The highest BCUT2D eigenvalue weighted by Gasteiger charge is 2.40. The third-order valence-electron chi connectivity index (χ3n) is 6.27. The molecular formula is C19H30N4O.